The zero-order valence-corrected chi connectivity index (χ0v) is 9.39. The minimum Gasteiger partial charge on any atom is -0.306 e. The van der Waals surface area contributed by atoms with E-state index in [2.05, 4.69) is 22.1 Å². The molecule has 1 atom stereocenters. The lowest BCUT2D eigenvalue weighted by Gasteiger charge is -2.09. The Kier molecular flexibility index (Phi) is 2.91. The van der Waals surface area contributed by atoms with Crippen LogP contribution in [-0.4, -0.2) is 35.2 Å². The molecular weight excluding hydrogens is 221 g/mol. The van der Waals surface area contributed by atoms with Crippen LogP contribution in [0.5, 0.6) is 0 Å². The molecule has 0 aliphatic carbocycles. The Labute approximate surface area is 93.0 Å². The van der Waals surface area contributed by atoms with Crippen molar-refractivity contribution in [2.45, 2.75) is 12.3 Å². The third-order valence-corrected chi connectivity index (χ3v) is 3.20. The van der Waals surface area contributed by atoms with E-state index in [1.165, 1.54) is 0 Å². The maximum atomic E-state index is 5.88. The van der Waals surface area contributed by atoms with Crippen molar-refractivity contribution in [1.82, 2.24) is 15.1 Å². The van der Waals surface area contributed by atoms with E-state index in [1.54, 1.807) is 0 Å². The van der Waals surface area contributed by atoms with Gasteiger partial charge in [0.05, 0.1) is 10.7 Å². The topological polar surface area (TPSA) is 29.0 Å². The number of aromatic nitrogens is 2. The highest BCUT2D eigenvalue weighted by atomic mass is 35.5. The van der Waals surface area contributed by atoms with Crippen LogP contribution in [0.4, 0.5) is 0 Å². The molecule has 3 nitrogen and oxygen atoms in total. The van der Waals surface area contributed by atoms with Crippen LogP contribution in [0.25, 0.3) is 0 Å². The molecule has 0 N–H and O–H groups in total. The number of nitrogens with zero attached hydrogens (tertiary/aromatic N) is 3. The third kappa shape index (κ3) is 2.00. The van der Waals surface area contributed by atoms with Gasteiger partial charge in [-0.1, -0.05) is 23.2 Å². The van der Waals surface area contributed by atoms with Crippen LogP contribution >= 0.6 is 23.2 Å². The lowest BCUT2D eigenvalue weighted by Crippen LogP contribution is -2.14. The van der Waals surface area contributed by atoms with Crippen molar-refractivity contribution in [1.29, 1.82) is 0 Å². The van der Waals surface area contributed by atoms with Gasteiger partial charge in [0.25, 0.3) is 0 Å². The predicted molar refractivity (Wildman–Crippen MR) is 56.9 cm³/mol. The smallest absolute Gasteiger partial charge is 0.170 e. The molecule has 1 aromatic rings. The van der Waals surface area contributed by atoms with E-state index in [9.17, 15) is 0 Å². The summed E-state index contributed by atoms with van der Waals surface area (Å²) in [5.74, 6) is 0.447. The second-order valence-electron chi connectivity index (χ2n) is 3.66. The van der Waals surface area contributed by atoms with E-state index < -0.39 is 0 Å². The maximum Gasteiger partial charge on any atom is 0.170 e. The number of halogens is 2. The number of rotatable bonds is 1. The van der Waals surface area contributed by atoms with Crippen LogP contribution < -0.4 is 0 Å². The van der Waals surface area contributed by atoms with Crippen LogP contribution in [0.1, 0.15) is 18.0 Å². The molecule has 1 fully saturated rings. The molecule has 5 heteroatoms. The third-order valence-electron chi connectivity index (χ3n) is 2.53. The van der Waals surface area contributed by atoms with Gasteiger partial charge in [-0.2, -0.15) is 5.10 Å². The van der Waals surface area contributed by atoms with Gasteiger partial charge in [0.2, 0.25) is 0 Å². The predicted octanol–water partition coefficient (Wildman–Crippen LogP) is 2.20. The van der Waals surface area contributed by atoms with Crippen molar-refractivity contribution in [3.63, 3.8) is 0 Å². The van der Waals surface area contributed by atoms with Crippen molar-refractivity contribution in [3.8, 4) is 0 Å². The molecule has 76 valence electrons. The molecule has 1 aliphatic heterocycles. The first-order valence-electron chi connectivity index (χ1n) is 4.54. The Morgan fingerprint density at radius 2 is 2.21 bits per heavy atom. The quantitative estimate of drug-likeness (QED) is 0.743. The summed E-state index contributed by atoms with van der Waals surface area (Å²) in [5, 5.41) is 8.65. The maximum absolute atomic E-state index is 5.88. The van der Waals surface area contributed by atoms with E-state index in [0.29, 0.717) is 10.9 Å². The molecule has 0 bridgehead atoms. The lowest BCUT2D eigenvalue weighted by atomic mass is 10.1. The normalized spacial score (nSPS) is 22.9. The molecule has 0 aromatic carbocycles. The van der Waals surface area contributed by atoms with Gasteiger partial charge in [0.15, 0.2) is 5.15 Å². The van der Waals surface area contributed by atoms with Gasteiger partial charge in [0, 0.05) is 12.5 Å². The Balaban J connectivity index is 2.20. The fourth-order valence-electron chi connectivity index (χ4n) is 1.74. The standard InChI is InChI=1S/C9H11Cl2N3/c1-14-3-2-6(5-14)8-4-7(10)9(11)13-12-8/h4,6H,2-3,5H2,1H3. The van der Waals surface area contributed by atoms with E-state index in [-0.39, 0.29) is 5.15 Å². The van der Waals surface area contributed by atoms with Gasteiger partial charge in [-0.05, 0) is 26.1 Å². The average molecular weight is 232 g/mol. The Bertz CT molecular complexity index is 343. The monoisotopic (exact) mass is 231 g/mol. The van der Waals surface area contributed by atoms with Crippen molar-refractivity contribution in [2.24, 2.45) is 0 Å². The number of likely N-dealkylation sites (tertiary alicyclic amines) is 1. The van der Waals surface area contributed by atoms with Crippen molar-refractivity contribution < 1.29 is 0 Å². The highest BCUT2D eigenvalue weighted by Gasteiger charge is 2.23. The molecule has 0 spiro atoms. The minimum atomic E-state index is 0.279. The summed E-state index contributed by atoms with van der Waals surface area (Å²) in [6, 6.07) is 1.82. The summed E-state index contributed by atoms with van der Waals surface area (Å²) in [6.45, 7) is 2.12. The second-order valence-corrected chi connectivity index (χ2v) is 4.42. The van der Waals surface area contributed by atoms with Gasteiger partial charge >= 0.3 is 0 Å². The number of likely N-dealkylation sites (N-methyl/N-ethyl adjacent to an activating group) is 1. The summed E-state index contributed by atoms with van der Waals surface area (Å²) in [6.07, 6.45) is 1.11. The molecule has 1 unspecified atom stereocenters. The first-order valence-corrected chi connectivity index (χ1v) is 5.29. The van der Waals surface area contributed by atoms with E-state index in [4.69, 9.17) is 23.2 Å². The summed E-state index contributed by atoms with van der Waals surface area (Å²) < 4.78 is 0. The Morgan fingerprint density at radius 3 is 2.79 bits per heavy atom. The van der Waals surface area contributed by atoms with Crippen LogP contribution in [0, 0.1) is 0 Å². The van der Waals surface area contributed by atoms with Crippen LogP contribution in [0.3, 0.4) is 0 Å². The molecule has 14 heavy (non-hydrogen) atoms. The molecule has 2 rings (SSSR count). The lowest BCUT2D eigenvalue weighted by molar-refractivity contribution is 0.410. The van der Waals surface area contributed by atoms with E-state index >= 15 is 0 Å². The highest BCUT2D eigenvalue weighted by molar-refractivity contribution is 6.41. The van der Waals surface area contributed by atoms with Gasteiger partial charge in [0.1, 0.15) is 0 Å². The van der Waals surface area contributed by atoms with E-state index in [0.717, 1.165) is 25.2 Å². The molecular formula is C9H11Cl2N3. The fraction of sp³-hybridized carbons (Fsp3) is 0.556. The van der Waals surface area contributed by atoms with Gasteiger partial charge < -0.3 is 4.90 Å². The zero-order chi connectivity index (χ0) is 10.1. The van der Waals surface area contributed by atoms with Gasteiger partial charge in [-0.25, -0.2) is 0 Å². The first kappa shape index (κ1) is 10.1. The van der Waals surface area contributed by atoms with E-state index in [1.807, 2.05) is 6.07 Å². The van der Waals surface area contributed by atoms with Crippen molar-refractivity contribution in [3.05, 3.63) is 21.9 Å². The van der Waals surface area contributed by atoms with Crippen LogP contribution in [0.2, 0.25) is 10.2 Å². The zero-order valence-electron chi connectivity index (χ0n) is 7.87. The number of hydrogen-bond donors (Lipinski definition) is 0. The Morgan fingerprint density at radius 1 is 1.43 bits per heavy atom. The van der Waals surface area contributed by atoms with Gasteiger partial charge in [-0.3, -0.25) is 0 Å². The average Bonchev–Trinajstić information content (AvgIpc) is 2.57. The largest absolute Gasteiger partial charge is 0.306 e. The molecule has 1 aliphatic rings. The molecule has 1 aromatic heterocycles. The summed E-state index contributed by atoms with van der Waals surface area (Å²) in [5.41, 5.74) is 0.948. The summed E-state index contributed by atoms with van der Waals surface area (Å²) >= 11 is 11.6. The highest BCUT2D eigenvalue weighted by Crippen LogP contribution is 2.27. The molecule has 2 heterocycles. The molecule has 0 amide bonds. The summed E-state index contributed by atoms with van der Waals surface area (Å²) in [4.78, 5) is 2.27. The first-order chi connectivity index (χ1) is 6.66. The van der Waals surface area contributed by atoms with Crippen LogP contribution in [-0.2, 0) is 0 Å². The Hall–Kier alpha value is -0.380. The van der Waals surface area contributed by atoms with Crippen molar-refractivity contribution >= 4 is 23.2 Å². The second kappa shape index (κ2) is 4.01. The molecule has 0 radical (unpaired) electrons. The number of hydrogen-bond acceptors (Lipinski definition) is 3. The van der Waals surface area contributed by atoms with Crippen molar-refractivity contribution in [2.75, 3.05) is 20.1 Å². The van der Waals surface area contributed by atoms with Gasteiger partial charge in [-0.15, -0.1) is 5.10 Å². The minimum absolute atomic E-state index is 0.279. The summed E-state index contributed by atoms with van der Waals surface area (Å²) in [7, 11) is 2.10. The molecule has 0 saturated carbocycles. The fourth-order valence-corrected chi connectivity index (χ4v) is 1.99. The molecule has 1 saturated heterocycles. The van der Waals surface area contributed by atoms with Crippen LogP contribution in [0.15, 0.2) is 6.07 Å². The SMILES string of the molecule is CN1CCC(c2cc(Cl)c(Cl)nn2)C1.